The first-order valence-corrected chi connectivity index (χ1v) is 10.2. The van der Waals surface area contributed by atoms with E-state index in [0.29, 0.717) is 24.2 Å². The zero-order valence-electron chi connectivity index (χ0n) is 17.6. The van der Waals surface area contributed by atoms with Crippen LogP contribution in [0.15, 0.2) is 24.3 Å². The highest BCUT2D eigenvalue weighted by atomic mass is 16.6. The van der Waals surface area contributed by atoms with Crippen molar-refractivity contribution in [1.29, 1.82) is 0 Å². The molecule has 1 saturated carbocycles. The number of hydrogen-bond acceptors (Lipinski definition) is 7. The lowest BCUT2D eigenvalue weighted by Crippen LogP contribution is -2.48. The van der Waals surface area contributed by atoms with Crippen molar-refractivity contribution in [2.24, 2.45) is 0 Å². The van der Waals surface area contributed by atoms with E-state index in [4.69, 9.17) is 9.47 Å². The molecule has 1 aliphatic carbocycles. The van der Waals surface area contributed by atoms with E-state index in [2.05, 4.69) is 10.1 Å². The van der Waals surface area contributed by atoms with Gasteiger partial charge in [0.25, 0.3) is 5.91 Å². The van der Waals surface area contributed by atoms with Crippen molar-refractivity contribution in [2.75, 3.05) is 20.8 Å². The van der Waals surface area contributed by atoms with Gasteiger partial charge in [-0.25, -0.2) is 9.59 Å². The fourth-order valence-electron chi connectivity index (χ4n) is 3.85. The third kappa shape index (κ3) is 5.04. The quantitative estimate of drug-likeness (QED) is 0.306. The molecule has 31 heavy (non-hydrogen) atoms. The topological polar surface area (TPSA) is 111 Å². The third-order valence-electron chi connectivity index (χ3n) is 5.52. The summed E-state index contributed by atoms with van der Waals surface area (Å²) in [6, 6.07) is 4.33. The minimum atomic E-state index is -0.810. The van der Waals surface area contributed by atoms with E-state index >= 15 is 0 Å². The first-order chi connectivity index (χ1) is 14.9. The number of esters is 2. The summed E-state index contributed by atoms with van der Waals surface area (Å²) < 4.78 is 15.2. The summed E-state index contributed by atoms with van der Waals surface area (Å²) in [5.74, 6) is -0.851. The molecule has 1 spiro atoms. The molecule has 166 valence electrons. The average Bonchev–Trinajstić information content (AvgIpc) is 3.00. The smallest absolute Gasteiger partial charge is 0.330 e. The van der Waals surface area contributed by atoms with Gasteiger partial charge in [0.2, 0.25) is 0 Å². The molecule has 0 radical (unpaired) electrons. The van der Waals surface area contributed by atoms with Gasteiger partial charge in [-0.3, -0.25) is 14.5 Å². The fourth-order valence-corrected chi connectivity index (χ4v) is 3.85. The molecule has 1 aromatic rings. The number of carbonyl (C=O) groups excluding carboxylic acids is 4. The van der Waals surface area contributed by atoms with Crippen molar-refractivity contribution < 1.29 is 33.4 Å². The van der Waals surface area contributed by atoms with E-state index in [1.165, 1.54) is 20.3 Å². The molecule has 1 aliphatic heterocycles. The maximum absolute atomic E-state index is 12.8. The van der Waals surface area contributed by atoms with Crippen LogP contribution in [-0.2, 0) is 19.1 Å². The molecule has 1 aromatic carbocycles. The van der Waals surface area contributed by atoms with Crippen molar-refractivity contribution in [3.63, 3.8) is 0 Å². The molecule has 0 unspecified atom stereocenters. The van der Waals surface area contributed by atoms with E-state index in [0.717, 1.165) is 24.2 Å². The monoisotopic (exact) mass is 430 g/mol. The maximum atomic E-state index is 12.8. The Hall–Kier alpha value is -3.36. The van der Waals surface area contributed by atoms with Crippen LogP contribution >= 0.6 is 0 Å². The van der Waals surface area contributed by atoms with Crippen LogP contribution in [0.25, 0.3) is 6.08 Å². The summed E-state index contributed by atoms with van der Waals surface area (Å²) >= 11 is 0. The number of nitrogens with one attached hydrogen (secondary N) is 1. The SMILES string of the molecule is COC(=O)/C=C/c1ccc(OC(=O)CCN2C(=O)NC3(CCCCC3)C2=O)c(OC)c1. The molecule has 9 heteroatoms. The highest BCUT2D eigenvalue weighted by molar-refractivity contribution is 6.07. The van der Waals surface area contributed by atoms with E-state index in [1.54, 1.807) is 24.3 Å². The Balaban J connectivity index is 1.59. The molecular formula is C22H26N2O7. The molecule has 2 fully saturated rings. The minimum Gasteiger partial charge on any atom is -0.493 e. The van der Waals surface area contributed by atoms with Crippen LogP contribution in [0.5, 0.6) is 11.5 Å². The number of amides is 3. The molecule has 2 aliphatic rings. The lowest BCUT2D eigenvalue weighted by atomic mass is 9.82. The number of ether oxygens (including phenoxy) is 3. The predicted octanol–water partition coefficient (Wildman–Crippen LogP) is 2.43. The first-order valence-electron chi connectivity index (χ1n) is 10.2. The summed E-state index contributed by atoms with van der Waals surface area (Å²) in [6.07, 6.45) is 6.77. The molecule has 1 heterocycles. The molecule has 1 N–H and O–H groups in total. The minimum absolute atomic E-state index is 0.0481. The molecule has 0 atom stereocenters. The van der Waals surface area contributed by atoms with E-state index < -0.39 is 23.5 Å². The Labute approximate surface area is 180 Å². The molecule has 3 rings (SSSR count). The number of hydrogen-bond donors (Lipinski definition) is 1. The molecule has 9 nitrogen and oxygen atoms in total. The van der Waals surface area contributed by atoms with Crippen LogP contribution in [0.2, 0.25) is 0 Å². The van der Waals surface area contributed by atoms with Gasteiger partial charge in [-0.1, -0.05) is 25.3 Å². The van der Waals surface area contributed by atoms with Crippen LogP contribution in [0.1, 0.15) is 44.1 Å². The van der Waals surface area contributed by atoms with Crippen LogP contribution in [0.3, 0.4) is 0 Å². The van der Waals surface area contributed by atoms with Gasteiger partial charge < -0.3 is 19.5 Å². The van der Waals surface area contributed by atoms with Crippen molar-refractivity contribution in [2.45, 2.75) is 44.1 Å². The van der Waals surface area contributed by atoms with E-state index in [1.807, 2.05) is 0 Å². The summed E-state index contributed by atoms with van der Waals surface area (Å²) in [5.41, 5.74) is -0.158. The number of benzene rings is 1. The molecule has 1 saturated heterocycles. The molecule has 3 amide bonds. The Morgan fingerprint density at radius 3 is 2.55 bits per heavy atom. The maximum Gasteiger partial charge on any atom is 0.330 e. The number of rotatable bonds is 7. The highest BCUT2D eigenvalue weighted by Crippen LogP contribution is 2.34. The summed E-state index contributed by atoms with van der Waals surface area (Å²) in [4.78, 5) is 49.7. The number of imide groups is 1. The Kier molecular flexibility index (Phi) is 6.94. The van der Waals surface area contributed by atoms with Crippen LogP contribution in [-0.4, -0.2) is 55.1 Å². The van der Waals surface area contributed by atoms with Gasteiger partial charge in [0, 0.05) is 12.6 Å². The zero-order chi connectivity index (χ0) is 22.4. The largest absolute Gasteiger partial charge is 0.493 e. The van der Waals surface area contributed by atoms with Gasteiger partial charge in [-0.05, 0) is 36.6 Å². The van der Waals surface area contributed by atoms with Crippen molar-refractivity contribution in [3.05, 3.63) is 29.8 Å². The first kappa shape index (κ1) is 22.3. The van der Waals surface area contributed by atoms with Gasteiger partial charge in [0.1, 0.15) is 5.54 Å². The van der Waals surface area contributed by atoms with Crippen molar-refractivity contribution in [3.8, 4) is 11.5 Å². The van der Waals surface area contributed by atoms with Gasteiger partial charge in [-0.2, -0.15) is 0 Å². The van der Waals surface area contributed by atoms with Gasteiger partial charge in [0.05, 0.1) is 20.6 Å². The fraction of sp³-hybridized carbons (Fsp3) is 0.455. The summed E-state index contributed by atoms with van der Waals surface area (Å²) in [7, 11) is 2.71. The second-order valence-corrected chi connectivity index (χ2v) is 7.52. The second-order valence-electron chi connectivity index (χ2n) is 7.52. The Morgan fingerprint density at radius 2 is 1.87 bits per heavy atom. The van der Waals surface area contributed by atoms with Crippen LogP contribution < -0.4 is 14.8 Å². The summed E-state index contributed by atoms with van der Waals surface area (Å²) in [6.45, 7) is -0.0481. The molecular weight excluding hydrogens is 404 g/mol. The highest BCUT2D eigenvalue weighted by Gasteiger charge is 2.51. The molecule has 0 aromatic heterocycles. The van der Waals surface area contributed by atoms with Gasteiger partial charge in [-0.15, -0.1) is 0 Å². The van der Waals surface area contributed by atoms with Crippen LogP contribution in [0.4, 0.5) is 4.79 Å². The second kappa shape index (κ2) is 9.63. The standard InChI is InChI=1S/C22H26N2O7/c1-29-17-14-15(7-9-18(25)30-2)6-8-16(17)31-19(26)10-13-24-20(27)22(23-21(24)28)11-4-3-5-12-22/h6-9,14H,3-5,10-13H2,1-2H3,(H,23,28)/b9-7+. The normalized spacial score (nSPS) is 17.7. The Morgan fingerprint density at radius 1 is 1.13 bits per heavy atom. The van der Waals surface area contributed by atoms with E-state index in [9.17, 15) is 19.2 Å². The number of carbonyl (C=O) groups is 4. The predicted molar refractivity (Wildman–Crippen MR) is 110 cm³/mol. The van der Waals surface area contributed by atoms with Gasteiger partial charge >= 0.3 is 18.0 Å². The van der Waals surface area contributed by atoms with Gasteiger partial charge in [0.15, 0.2) is 11.5 Å². The number of nitrogens with zero attached hydrogens (tertiary/aromatic N) is 1. The average molecular weight is 430 g/mol. The summed E-state index contributed by atoms with van der Waals surface area (Å²) in [5, 5.41) is 2.82. The zero-order valence-corrected chi connectivity index (χ0v) is 17.6. The number of methoxy groups -OCH3 is 2. The number of urea groups is 1. The van der Waals surface area contributed by atoms with E-state index in [-0.39, 0.29) is 24.6 Å². The third-order valence-corrected chi connectivity index (χ3v) is 5.52. The lowest BCUT2D eigenvalue weighted by molar-refractivity contribution is -0.136. The lowest BCUT2D eigenvalue weighted by Gasteiger charge is -2.30. The molecule has 0 bridgehead atoms. The Bertz CT molecular complexity index is 903. The van der Waals surface area contributed by atoms with Crippen molar-refractivity contribution >= 4 is 30.0 Å². The van der Waals surface area contributed by atoms with Crippen molar-refractivity contribution in [1.82, 2.24) is 10.2 Å². The van der Waals surface area contributed by atoms with Crippen LogP contribution in [0, 0.1) is 0 Å².